The second-order valence-corrected chi connectivity index (χ2v) is 2.16. The molecule has 10 heavy (non-hydrogen) atoms. The second kappa shape index (κ2) is 2.74. The van der Waals surface area contributed by atoms with Gasteiger partial charge in [0.15, 0.2) is 5.82 Å². The molecule has 0 bridgehead atoms. The summed E-state index contributed by atoms with van der Waals surface area (Å²) >= 11 is 3.49. The number of amides is 1. The Labute approximate surface area is 63.0 Å². The van der Waals surface area contributed by atoms with Crippen LogP contribution in [0.15, 0.2) is 10.6 Å². The average Bonchev–Trinajstić information content (AvgIpc) is 2.13. The molecule has 54 valence electrons. The second-order valence-electron chi connectivity index (χ2n) is 1.75. The van der Waals surface area contributed by atoms with Gasteiger partial charge in [-0.25, -0.2) is 0 Å². The minimum Gasteiger partial charge on any atom is -0.360 e. The first-order valence-electron chi connectivity index (χ1n) is 2.62. The van der Waals surface area contributed by atoms with E-state index in [9.17, 15) is 4.79 Å². The lowest BCUT2D eigenvalue weighted by molar-refractivity contribution is 0.270. The van der Waals surface area contributed by atoms with Crippen LogP contribution in [0.25, 0.3) is 0 Å². The molecule has 0 saturated carbocycles. The number of carbonyl (C=O) groups is 1. The number of hydrogen-bond acceptors (Lipinski definition) is 3. The largest absolute Gasteiger partial charge is 0.360 e. The fourth-order valence-corrected chi connectivity index (χ4v) is 0.649. The molecule has 1 amide bonds. The highest BCUT2D eigenvalue weighted by Crippen LogP contribution is 2.06. The summed E-state index contributed by atoms with van der Waals surface area (Å²) in [4.78, 5) is 10.3. The van der Waals surface area contributed by atoms with Gasteiger partial charge >= 0.3 is 0 Å². The van der Waals surface area contributed by atoms with Gasteiger partial charge in [0.05, 0.1) is 0 Å². The molecule has 0 aromatic carbocycles. The topological polar surface area (TPSA) is 55.1 Å². The Bertz CT molecular complexity index is 246. The Morgan fingerprint density at radius 1 is 1.90 bits per heavy atom. The summed E-state index contributed by atoms with van der Waals surface area (Å²) in [6, 6.07) is 1.61. The number of aryl methyl sites for hydroxylation is 1. The summed E-state index contributed by atoms with van der Waals surface area (Å²) < 4.78 is 4.67. The molecule has 1 rings (SSSR count). The summed E-state index contributed by atoms with van der Waals surface area (Å²) in [5.74, 6) is 1.04. The van der Waals surface area contributed by atoms with E-state index < -0.39 is 5.24 Å². The van der Waals surface area contributed by atoms with Crippen LogP contribution in [0.5, 0.6) is 0 Å². The van der Waals surface area contributed by atoms with Crippen LogP contribution in [0, 0.1) is 6.92 Å². The van der Waals surface area contributed by atoms with Crippen molar-refractivity contribution in [3.05, 3.63) is 11.8 Å². The Morgan fingerprint density at radius 3 is 3.00 bits per heavy atom. The normalized spacial score (nSPS) is 9.40. The molecule has 1 N–H and O–H groups in total. The van der Waals surface area contributed by atoms with E-state index in [0.717, 1.165) is 0 Å². The van der Waals surface area contributed by atoms with E-state index in [1.807, 2.05) is 0 Å². The Morgan fingerprint density at radius 2 is 2.60 bits per heavy atom. The molecular weight excluding hydrogens is 152 g/mol. The third-order valence-electron chi connectivity index (χ3n) is 0.863. The number of rotatable bonds is 1. The van der Waals surface area contributed by atoms with Gasteiger partial charge in [-0.15, -0.1) is 0 Å². The fraction of sp³-hybridized carbons (Fsp3) is 0.200. The summed E-state index contributed by atoms with van der Waals surface area (Å²) in [5, 5.41) is 5.40. The lowest BCUT2D eigenvalue weighted by atomic mass is 10.5. The maximum atomic E-state index is 10.3. The number of carbonyl (C=O) groups excluding carboxylic acids is 1. The van der Waals surface area contributed by atoms with E-state index in [4.69, 9.17) is 0 Å². The van der Waals surface area contributed by atoms with Gasteiger partial charge in [-0.2, -0.15) is 0 Å². The maximum Gasteiger partial charge on any atom is 0.281 e. The average molecular weight is 158 g/mol. The van der Waals surface area contributed by atoms with Crippen molar-refractivity contribution in [2.45, 2.75) is 6.92 Å². The van der Waals surface area contributed by atoms with E-state index in [2.05, 4.69) is 27.6 Å². The van der Waals surface area contributed by atoms with E-state index in [-0.39, 0.29) is 0 Å². The summed E-state index contributed by atoms with van der Waals surface area (Å²) in [5.41, 5.74) is 0. The molecule has 0 radical (unpaired) electrons. The quantitative estimate of drug-likeness (QED) is 0.608. The SMILES string of the molecule is Cc1cc(NC(=O)S)no1. The van der Waals surface area contributed by atoms with E-state index in [1.165, 1.54) is 0 Å². The van der Waals surface area contributed by atoms with Crippen molar-refractivity contribution in [1.29, 1.82) is 0 Å². The molecule has 0 aliphatic rings. The van der Waals surface area contributed by atoms with Crippen LogP contribution in [0.3, 0.4) is 0 Å². The first kappa shape index (κ1) is 7.14. The third-order valence-corrected chi connectivity index (χ3v) is 0.975. The monoisotopic (exact) mass is 158 g/mol. The number of aromatic nitrogens is 1. The fourth-order valence-electron chi connectivity index (χ4n) is 0.535. The lowest BCUT2D eigenvalue weighted by Gasteiger charge is -1.88. The number of nitrogens with one attached hydrogen (secondary N) is 1. The highest BCUT2D eigenvalue weighted by atomic mass is 32.1. The van der Waals surface area contributed by atoms with E-state index in [1.54, 1.807) is 13.0 Å². The lowest BCUT2D eigenvalue weighted by Crippen LogP contribution is -2.00. The molecule has 0 aliphatic carbocycles. The standard InChI is InChI=1S/C5H6N2O2S/c1-3-2-4(7-9-3)6-5(8)10/h2H,1H3,(H2,6,7,8,10). The van der Waals surface area contributed by atoms with Crippen molar-refractivity contribution in [3.63, 3.8) is 0 Å². The van der Waals surface area contributed by atoms with Crippen LogP contribution in [0.2, 0.25) is 0 Å². The first-order valence-corrected chi connectivity index (χ1v) is 3.06. The van der Waals surface area contributed by atoms with Crippen LogP contribution < -0.4 is 5.32 Å². The smallest absolute Gasteiger partial charge is 0.281 e. The van der Waals surface area contributed by atoms with E-state index in [0.29, 0.717) is 11.6 Å². The summed E-state index contributed by atoms with van der Waals surface area (Å²) in [7, 11) is 0. The molecule has 1 heterocycles. The van der Waals surface area contributed by atoms with Crippen molar-refractivity contribution in [2.75, 3.05) is 5.32 Å². The Balaban J connectivity index is 2.67. The van der Waals surface area contributed by atoms with Crippen LogP contribution in [0.4, 0.5) is 10.6 Å². The minimum atomic E-state index is -0.451. The van der Waals surface area contributed by atoms with Crippen molar-refractivity contribution < 1.29 is 9.32 Å². The summed E-state index contributed by atoms with van der Waals surface area (Å²) in [6.45, 7) is 1.74. The van der Waals surface area contributed by atoms with Crippen LogP contribution >= 0.6 is 12.6 Å². The maximum absolute atomic E-state index is 10.3. The molecule has 5 heteroatoms. The molecule has 0 unspecified atom stereocenters. The zero-order chi connectivity index (χ0) is 7.56. The zero-order valence-electron chi connectivity index (χ0n) is 5.29. The number of thiol groups is 1. The van der Waals surface area contributed by atoms with Gasteiger partial charge in [-0.1, -0.05) is 17.8 Å². The predicted molar refractivity (Wildman–Crippen MR) is 39.2 cm³/mol. The van der Waals surface area contributed by atoms with E-state index >= 15 is 0 Å². The highest BCUT2D eigenvalue weighted by Gasteiger charge is 2.00. The molecular formula is C5H6N2O2S. The van der Waals surface area contributed by atoms with Gasteiger partial charge in [-0.05, 0) is 6.92 Å². The Kier molecular flexibility index (Phi) is 1.96. The van der Waals surface area contributed by atoms with Crippen LogP contribution in [0.1, 0.15) is 5.76 Å². The number of hydrogen-bond donors (Lipinski definition) is 2. The predicted octanol–water partition coefficient (Wildman–Crippen LogP) is 1.44. The van der Waals surface area contributed by atoms with Crippen molar-refractivity contribution >= 4 is 23.7 Å². The van der Waals surface area contributed by atoms with Gasteiger partial charge in [0.2, 0.25) is 0 Å². The van der Waals surface area contributed by atoms with Gasteiger partial charge in [0.25, 0.3) is 5.24 Å². The van der Waals surface area contributed by atoms with Gasteiger partial charge in [0.1, 0.15) is 5.76 Å². The van der Waals surface area contributed by atoms with Crippen molar-refractivity contribution in [3.8, 4) is 0 Å². The highest BCUT2D eigenvalue weighted by molar-refractivity contribution is 7.96. The van der Waals surface area contributed by atoms with Gasteiger partial charge in [0, 0.05) is 6.07 Å². The van der Waals surface area contributed by atoms with Gasteiger partial charge in [-0.3, -0.25) is 10.1 Å². The molecule has 0 atom stereocenters. The van der Waals surface area contributed by atoms with Crippen molar-refractivity contribution in [1.82, 2.24) is 5.16 Å². The van der Waals surface area contributed by atoms with Gasteiger partial charge < -0.3 is 4.52 Å². The molecule has 0 fully saturated rings. The zero-order valence-corrected chi connectivity index (χ0v) is 6.18. The van der Waals surface area contributed by atoms with Crippen molar-refractivity contribution in [2.24, 2.45) is 0 Å². The molecule has 0 saturated heterocycles. The minimum absolute atomic E-state index is 0.387. The molecule has 0 spiro atoms. The first-order chi connectivity index (χ1) is 4.68. The number of anilines is 1. The number of nitrogens with zero attached hydrogens (tertiary/aromatic N) is 1. The molecule has 4 nitrogen and oxygen atoms in total. The molecule has 1 aromatic rings. The summed E-state index contributed by atoms with van der Waals surface area (Å²) in [6.07, 6.45) is 0. The molecule has 1 aromatic heterocycles. The Hall–Kier alpha value is -0.970. The van der Waals surface area contributed by atoms with Crippen LogP contribution in [-0.2, 0) is 0 Å². The third kappa shape index (κ3) is 1.77. The molecule has 0 aliphatic heterocycles. The van der Waals surface area contributed by atoms with Crippen LogP contribution in [-0.4, -0.2) is 10.4 Å².